The maximum Gasteiger partial charge on any atom is 0.315 e. The van der Waals surface area contributed by atoms with Crippen LogP contribution >= 0.6 is 0 Å². The van der Waals surface area contributed by atoms with Crippen molar-refractivity contribution in [2.24, 2.45) is 17.3 Å². The van der Waals surface area contributed by atoms with E-state index in [-0.39, 0.29) is 35.0 Å². The lowest BCUT2D eigenvalue weighted by Gasteiger charge is -2.40. The highest BCUT2D eigenvalue weighted by Crippen LogP contribution is 2.65. The largest absolute Gasteiger partial charge is 0.347 e. The Bertz CT molecular complexity index is 1400. The average molecular weight is 706 g/mol. The first-order valence-corrected chi connectivity index (χ1v) is 20.4. The van der Waals surface area contributed by atoms with Crippen LogP contribution in [-0.4, -0.2) is 89.6 Å². The average Bonchev–Trinajstić information content (AvgIpc) is 3.86. The van der Waals surface area contributed by atoms with Gasteiger partial charge in [-0.3, -0.25) is 19.2 Å². The molecule has 2 heterocycles. The number of carbonyl (C=O) groups excluding carboxylic acids is 5. The van der Waals surface area contributed by atoms with Gasteiger partial charge in [-0.25, -0.2) is 13.2 Å². The molecule has 0 spiro atoms. The van der Waals surface area contributed by atoms with Crippen molar-refractivity contribution in [1.29, 1.82) is 0 Å². The topological polar surface area (TPSA) is 171 Å². The predicted octanol–water partition coefficient (Wildman–Crippen LogP) is 3.52. The van der Waals surface area contributed by atoms with E-state index in [0.29, 0.717) is 45.1 Å². The Morgan fingerprint density at radius 1 is 0.857 bits per heavy atom. The van der Waals surface area contributed by atoms with Gasteiger partial charge in [0, 0.05) is 12.6 Å². The molecule has 276 valence electrons. The zero-order valence-corrected chi connectivity index (χ0v) is 31.0. The molecule has 5 rings (SSSR count). The van der Waals surface area contributed by atoms with Crippen LogP contribution in [-0.2, 0) is 29.0 Å². The van der Waals surface area contributed by atoms with Crippen molar-refractivity contribution >= 4 is 39.4 Å². The number of Topliss-reactive ketones (excluding diaryl/α,β-unsaturated/α-hetero) is 1. The van der Waals surface area contributed by atoms with E-state index in [1.54, 1.807) is 25.7 Å². The molecule has 12 nitrogen and oxygen atoms in total. The van der Waals surface area contributed by atoms with E-state index in [4.69, 9.17) is 0 Å². The van der Waals surface area contributed by atoms with Crippen molar-refractivity contribution in [2.75, 3.05) is 12.3 Å². The molecule has 0 aromatic heterocycles. The number of ketones is 1. The third kappa shape index (κ3) is 8.61. The minimum Gasteiger partial charge on any atom is -0.347 e. The lowest BCUT2D eigenvalue weighted by Crippen LogP contribution is -2.62. The first-order chi connectivity index (χ1) is 23.0. The van der Waals surface area contributed by atoms with E-state index in [1.807, 2.05) is 0 Å². The van der Waals surface area contributed by atoms with Crippen LogP contribution in [0.3, 0.4) is 0 Å². The van der Waals surface area contributed by atoms with E-state index < -0.39 is 61.9 Å². The number of nitrogens with one attached hydrogen (secondary N) is 4. The van der Waals surface area contributed by atoms with Crippen LogP contribution < -0.4 is 21.3 Å². The van der Waals surface area contributed by atoms with Gasteiger partial charge in [0.1, 0.15) is 12.1 Å². The van der Waals surface area contributed by atoms with E-state index >= 15 is 0 Å². The first-order valence-electron chi connectivity index (χ1n) is 18.7. The van der Waals surface area contributed by atoms with Crippen LogP contribution in [0.25, 0.3) is 0 Å². The normalized spacial score (nSPS) is 30.8. The molecule has 13 heteroatoms. The number of hydrogen-bond donors (Lipinski definition) is 4. The van der Waals surface area contributed by atoms with Crippen LogP contribution in [0.4, 0.5) is 4.79 Å². The van der Waals surface area contributed by atoms with Gasteiger partial charge in [0.05, 0.1) is 22.1 Å². The van der Waals surface area contributed by atoms with Crippen LogP contribution in [0.15, 0.2) is 0 Å². The van der Waals surface area contributed by atoms with Gasteiger partial charge < -0.3 is 26.2 Å². The fourth-order valence-electron chi connectivity index (χ4n) is 8.39. The Labute approximate surface area is 292 Å². The second-order valence-corrected chi connectivity index (χ2v) is 19.9. The van der Waals surface area contributed by atoms with E-state index in [9.17, 15) is 32.4 Å². The van der Waals surface area contributed by atoms with Crippen molar-refractivity contribution in [2.45, 2.75) is 165 Å². The third-order valence-corrected chi connectivity index (χ3v) is 14.8. The van der Waals surface area contributed by atoms with Gasteiger partial charge in [-0.05, 0) is 76.5 Å². The number of urea groups is 1. The molecule has 5 atom stereocenters. The summed E-state index contributed by atoms with van der Waals surface area (Å²) in [6.07, 6.45) is 11.0. The summed E-state index contributed by atoms with van der Waals surface area (Å²) in [7, 11) is -3.54. The summed E-state index contributed by atoms with van der Waals surface area (Å²) in [6, 6.07) is -3.25. The summed E-state index contributed by atoms with van der Waals surface area (Å²) in [5.74, 6) is -2.27. The van der Waals surface area contributed by atoms with Gasteiger partial charge in [-0.15, -0.1) is 0 Å². The van der Waals surface area contributed by atoms with Crippen LogP contribution in [0.1, 0.15) is 131 Å². The lowest BCUT2D eigenvalue weighted by molar-refractivity contribution is -0.144. The number of hydrogen-bond acceptors (Lipinski definition) is 7. The molecule has 0 bridgehead atoms. The number of amides is 5. The zero-order valence-electron chi connectivity index (χ0n) is 30.2. The highest BCUT2D eigenvalue weighted by Gasteiger charge is 2.69. The van der Waals surface area contributed by atoms with Crippen LogP contribution in [0, 0.1) is 17.3 Å². The molecule has 3 aliphatic carbocycles. The molecular formula is C36H59N5O7S. The maximum absolute atomic E-state index is 14.4. The van der Waals surface area contributed by atoms with Gasteiger partial charge in [0.25, 0.3) is 5.91 Å². The van der Waals surface area contributed by atoms with Crippen LogP contribution in [0.5, 0.6) is 0 Å². The zero-order chi connectivity index (χ0) is 35.8. The van der Waals surface area contributed by atoms with E-state index in [0.717, 1.165) is 57.8 Å². The van der Waals surface area contributed by atoms with Crippen molar-refractivity contribution < 1.29 is 32.4 Å². The number of fused-ring (bicyclic) bond motifs is 3. The molecule has 2 aliphatic heterocycles. The molecule has 0 aromatic rings. The molecule has 5 amide bonds. The Morgan fingerprint density at radius 2 is 1.45 bits per heavy atom. The SMILES string of the molecule is CC1(C)C2CN3C(=O)C(NC(=O)NC4(CS(=O)(=O)C(C)(C)C)CCCCC4)CCCCCCCCC(C(=O)C(=O)NC4CC4)NC(=O)C3C21. The predicted molar refractivity (Wildman–Crippen MR) is 186 cm³/mol. The van der Waals surface area contributed by atoms with Crippen molar-refractivity contribution in [3.63, 3.8) is 0 Å². The summed E-state index contributed by atoms with van der Waals surface area (Å²) in [6.45, 7) is 9.54. The quantitative estimate of drug-likeness (QED) is 0.294. The molecule has 5 aliphatic rings. The molecule has 3 saturated carbocycles. The van der Waals surface area contributed by atoms with Crippen molar-refractivity contribution in [3.8, 4) is 0 Å². The van der Waals surface area contributed by atoms with Crippen LogP contribution in [0.2, 0.25) is 0 Å². The van der Waals surface area contributed by atoms with Gasteiger partial charge in [-0.2, -0.15) is 0 Å². The lowest BCUT2D eigenvalue weighted by atomic mass is 9.83. The van der Waals surface area contributed by atoms with E-state index in [1.165, 1.54) is 0 Å². The number of sulfone groups is 1. The maximum atomic E-state index is 14.4. The standard InChI is InChI=1S/C36H59N5O7S/c1-34(2,3)49(47,48)22-36(19-13-10-14-20-36)40-33(46)39-26-16-12-9-7-6-8-11-15-25(29(42)31(44)37-23-17-18-23)38-30(43)28-27-24(35(27,4)5)21-41(28)32(26)45/h23-28H,6-22H2,1-5H3,(H,37,44)(H,38,43)(H2,39,40,46). The number of rotatable bonds is 7. The fourth-order valence-corrected chi connectivity index (χ4v) is 9.91. The highest BCUT2D eigenvalue weighted by molar-refractivity contribution is 7.92. The van der Waals surface area contributed by atoms with Gasteiger partial charge in [-0.1, -0.05) is 71.6 Å². The van der Waals surface area contributed by atoms with E-state index in [2.05, 4.69) is 35.1 Å². The van der Waals surface area contributed by atoms with Gasteiger partial charge in [0.2, 0.25) is 17.6 Å². The smallest absolute Gasteiger partial charge is 0.315 e. The number of piperidine rings is 1. The molecule has 49 heavy (non-hydrogen) atoms. The van der Waals surface area contributed by atoms with Crippen molar-refractivity contribution in [3.05, 3.63) is 0 Å². The Kier molecular flexibility index (Phi) is 11.1. The Hall–Kier alpha value is -2.70. The molecule has 2 saturated heterocycles. The molecule has 5 fully saturated rings. The second kappa shape index (κ2) is 14.5. The Balaban J connectivity index is 1.36. The number of carbonyl (C=O) groups is 5. The Morgan fingerprint density at radius 3 is 2.06 bits per heavy atom. The molecule has 4 N–H and O–H groups in total. The summed E-state index contributed by atoms with van der Waals surface area (Å²) in [5, 5.41) is 11.6. The number of nitrogens with zero attached hydrogens (tertiary/aromatic N) is 1. The minimum absolute atomic E-state index is 0.0166. The van der Waals surface area contributed by atoms with Gasteiger partial charge in [0.15, 0.2) is 9.84 Å². The van der Waals surface area contributed by atoms with Gasteiger partial charge >= 0.3 is 6.03 Å². The first kappa shape index (κ1) is 37.6. The summed E-state index contributed by atoms with van der Waals surface area (Å²) >= 11 is 0. The molecule has 0 radical (unpaired) electrons. The third-order valence-electron chi connectivity index (χ3n) is 12.0. The highest BCUT2D eigenvalue weighted by atomic mass is 32.2. The minimum atomic E-state index is -3.54. The van der Waals surface area contributed by atoms with Crippen molar-refractivity contribution in [1.82, 2.24) is 26.2 Å². The summed E-state index contributed by atoms with van der Waals surface area (Å²) in [5.41, 5.74) is -1.09. The second-order valence-electron chi connectivity index (χ2n) is 17.1. The summed E-state index contributed by atoms with van der Waals surface area (Å²) < 4.78 is 25.7. The summed E-state index contributed by atoms with van der Waals surface area (Å²) in [4.78, 5) is 69.8. The molecular weight excluding hydrogens is 646 g/mol. The monoisotopic (exact) mass is 705 g/mol. The fraction of sp³-hybridized carbons (Fsp3) is 0.861. The molecule has 0 aromatic carbocycles. The molecule has 5 unspecified atom stereocenters.